The molecular weight excluding hydrogens is 349 g/mol. The molecule has 2 aromatic heterocycles. The summed E-state index contributed by atoms with van der Waals surface area (Å²) in [5, 5.41) is 9.74. The summed E-state index contributed by atoms with van der Waals surface area (Å²) in [5.74, 6) is 0.155. The van der Waals surface area contributed by atoms with Gasteiger partial charge in [0.1, 0.15) is 5.82 Å². The number of carbonyl (C=O) groups is 1. The molecule has 1 amide bonds. The van der Waals surface area contributed by atoms with Gasteiger partial charge in [0.2, 0.25) is 17.6 Å². The largest absolute Gasteiger partial charge is 0.339 e. The Hall–Kier alpha value is -3.13. The highest BCUT2D eigenvalue weighted by Crippen LogP contribution is 2.24. The van der Waals surface area contributed by atoms with Crippen molar-refractivity contribution in [2.45, 2.75) is 25.8 Å². The third-order valence-electron chi connectivity index (χ3n) is 4.45. The number of hydrogen-bond donors (Lipinski definition) is 2. The molecule has 3 aromatic rings. The maximum absolute atomic E-state index is 14.6. The van der Waals surface area contributed by atoms with Gasteiger partial charge in [-0.05, 0) is 42.3 Å². The van der Waals surface area contributed by atoms with Crippen LogP contribution in [0.5, 0.6) is 0 Å². The first-order chi connectivity index (χ1) is 13.2. The Morgan fingerprint density at radius 2 is 2.11 bits per heavy atom. The predicted molar refractivity (Wildman–Crippen MR) is 96.3 cm³/mol. The van der Waals surface area contributed by atoms with Gasteiger partial charge in [-0.3, -0.25) is 9.78 Å². The van der Waals surface area contributed by atoms with Crippen LogP contribution in [0.3, 0.4) is 0 Å². The van der Waals surface area contributed by atoms with Crippen LogP contribution in [0.4, 0.5) is 10.1 Å². The van der Waals surface area contributed by atoms with Gasteiger partial charge >= 0.3 is 0 Å². The zero-order valence-corrected chi connectivity index (χ0v) is 14.5. The van der Waals surface area contributed by atoms with Crippen molar-refractivity contribution in [2.75, 3.05) is 11.9 Å². The summed E-state index contributed by atoms with van der Waals surface area (Å²) in [6, 6.07) is 7.00. The second kappa shape index (κ2) is 7.63. The molecule has 1 aliphatic heterocycles. The first kappa shape index (κ1) is 17.3. The lowest BCUT2D eigenvalue weighted by Gasteiger charge is -2.19. The topological polar surface area (TPSA) is 92.9 Å². The molecule has 0 atom stereocenters. The van der Waals surface area contributed by atoms with E-state index >= 15 is 0 Å². The molecule has 0 radical (unpaired) electrons. The minimum atomic E-state index is -0.347. The van der Waals surface area contributed by atoms with Crippen molar-refractivity contribution >= 4 is 11.6 Å². The number of carbonyl (C=O) groups excluding carboxylic acids is 1. The third kappa shape index (κ3) is 3.85. The van der Waals surface area contributed by atoms with Crippen LogP contribution in [0.1, 0.15) is 23.4 Å². The molecule has 0 aliphatic carbocycles. The average Bonchev–Trinajstić information content (AvgIpc) is 3.19. The average molecular weight is 367 g/mol. The summed E-state index contributed by atoms with van der Waals surface area (Å²) in [5.41, 5.74) is 2.61. The van der Waals surface area contributed by atoms with Gasteiger partial charge in [-0.15, -0.1) is 0 Å². The van der Waals surface area contributed by atoms with Crippen LogP contribution in [-0.4, -0.2) is 27.6 Å². The Kier molecular flexibility index (Phi) is 4.88. The molecule has 2 N–H and O–H groups in total. The van der Waals surface area contributed by atoms with Crippen LogP contribution >= 0.6 is 0 Å². The molecule has 138 valence electrons. The minimum absolute atomic E-state index is 0.121. The van der Waals surface area contributed by atoms with E-state index < -0.39 is 0 Å². The quantitative estimate of drug-likeness (QED) is 0.720. The number of fused-ring (bicyclic) bond motifs is 1. The first-order valence-electron chi connectivity index (χ1n) is 8.74. The van der Waals surface area contributed by atoms with Crippen molar-refractivity contribution in [2.24, 2.45) is 0 Å². The molecule has 1 aliphatic rings. The van der Waals surface area contributed by atoms with Crippen LogP contribution in [-0.2, 0) is 24.2 Å². The number of nitrogens with one attached hydrogen (secondary N) is 2. The van der Waals surface area contributed by atoms with E-state index in [4.69, 9.17) is 4.52 Å². The number of nitrogens with zero attached hydrogens (tertiary/aromatic N) is 3. The zero-order chi connectivity index (χ0) is 18.6. The fourth-order valence-electron chi connectivity index (χ4n) is 3.04. The molecule has 0 unspecified atom stereocenters. The molecule has 0 bridgehead atoms. The van der Waals surface area contributed by atoms with Crippen LogP contribution in [0.2, 0.25) is 0 Å². The number of pyridine rings is 1. The highest BCUT2D eigenvalue weighted by Gasteiger charge is 2.18. The number of aryl methyl sites for hydroxylation is 1. The Balaban J connectivity index is 1.37. The van der Waals surface area contributed by atoms with Crippen molar-refractivity contribution in [3.8, 4) is 11.4 Å². The maximum atomic E-state index is 14.6. The molecular formula is C19H18FN5O2. The standard InChI is InChI=1S/C19H18FN5O2/c20-18-14-7-10-22-11-13(14)1-2-15(18)23-16(26)3-4-17-24-19(25-27-17)12-5-8-21-9-6-12/h1-2,5-6,8-9,22H,3-4,7,10-11H2,(H,23,26). The van der Waals surface area contributed by atoms with E-state index in [1.807, 2.05) is 6.07 Å². The molecule has 7 nitrogen and oxygen atoms in total. The minimum Gasteiger partial charge on any atom is -0.339 e. The van der Waals surface area contributed by atoms with Gasteiger partial charge < -0.3 is 15.2 Å². The van der Waals surface area contributed by atoms with Crippen LogP contribution in [0.25, 0.3) is 11.4 Å². The fraction of sp³-hybridized carbons (Fsp3) is 0.263. The molecule has 0 spiro atoms. The third-order valence-corrected chi connectivity index (χ3v) is 4.45. The predicted octanol–water partition coefficient (Wildman–Crippen LogP) is 2.49. The van der Waals surface area contributed by atoms with Crippen molar-refractivity contribution < 1.29 is 13.7 Å². The van der Waals surface area contributed by atoms with Gasteiger partial charge in [0.25, 0.3) is 0 Å². The summed E-state index contributed by atoms with van der Waals surface area (Å²) in [6.45, 7) is 1.38. The molecule has 8 heteroatoms. The van der Waals surface area contributed by atoms with E-state index in [1.165, 1.54) is 0 Å². The zero-order valence-electron chi connectivity index (χ0n) is 14.5. The van der Waals surface area contributed by atoms with Gasteiger partial charge in [-0.25, -0.2) is 4.39 Å². The van der Waals surface area contributed by atoms with E-state index in [0.29, 0.717) is 30.2 Å². The summed E-state index contributed by atoms with van der Waals surface area (Å²) in [4.78, 5) is 20.4. The van der Waals surface area contributed by atoms with Crippen LogP contribution in [0.15, 0.2) is 41.2 Å². The number of halogens is 1. The summed E-state index contributed by atoms with van der Waals surface area (Å²) >= 11 is 0. The lowest BCUT2D eigenvalue weighted by Crippen LogP contribution is -2.25. The number of benzene rings is 1. The van der Waals surface area contributed by atoms with E-state index in [2.05, 4.69) is 25.8 Å². The van der Waals surface area contributed by atoms with E-state index in [-0.39, 0.29) is 30.3 Å². The molecule has 1 aromatic carbocycles. The summed E-state index contributed by atoms with van der Waals surface area (Å²) in [7, 11) is 0. The van der Waals surface area contributed by atoms with E-state index in [1.54, 1.807) is 30.6 Å². The Labute approximate surface area is 155 Å². The maximum Gasteiger partial charge on any atom is 0.227 e. The number of amides is 1. The van der Waals surface area contributed by atoms with Crippen LogP contribution in [0, 0.1) is 5.82 Å². The van der Waals surface area contributed by atoms with Gasteiger partial charge in [-0.1, -0.05) is 11.2 Å². The van der Waals surface area contributed by atoms with Crippen molar-refractivity contribution in [1.29, 1.82) is 0 Å². The number of anilines is 1. The first-order valence-corrected chi connectivity index (χ1v) is 8.74. The molecule has 4 rings (SSSR count). The molecule has 0 saturated heterocycles. The molecule has 3 heterocycles. The van der Waals surface area contributed by atoms with Crippen LogP contribution < -0.4 is 10.6 Å². The summed E-state index contributed by atoms with van der Waals surface area (Å²) in [6.07, 6.45) is 4.30. The lowest BCUT2D eigenvalue weighted by atomic mass is 9.99. The second-order valence-electron chi connectivity index (χ2n) is 6.29. The van der Waals surface area contributed by atoms with Crippen molar-refractivity contribution in [3.05, 3.63) is 59.5 Å². The SMILES string of the molecule is O=C(CCc1nc(-c2ccncc2)no1)Nc1ccc2c(c1F)CCNC2. The van der Waals surface area contributed by atoms with E-state index in [9.17, 15) is 9.18 Å². The normalized spacial score (nSPS) is 13.2. The van der Waals surface area contributed by atoms with E-state index in [0.717, 1.165) is 17.7 Å². The van der Waals surface area contributed by atoms with Gasteiger partial charge in [0, 0.05) is 37.3 Å². The molecule has 0 fully saturated rings. The smallest absolute Gasteiger partial charge is 0.227 e. The monoisotopic (exact) mass is 367 g/mol. The molecule has 0 saturated carbocycles. The van der Waals surface area contributed by atoms with Gasteiger partial charge in [0.15, 0.2) is 0 Å². The van der Waals surface area contributed by atoms with Crippen molar-refractivity contribution in [3.63, 3.8) is 0 Å². The Morgan fingerprint density at radius 1 is 1.26 bits per heavy atom. The highest BCUT2D eigenvalue weighted by molar-refractivity contribution is 5.91. The van der Waals surface area contributed by atoms with Crippen molar-refractivity contribution in [1.82, 2.24) is 20.4 Å². The number of rotatable bonds is 5. The fourth-order valence-corrected chi connectivity index (χ4v) is 3.04. The molecule has 27 heavy (non-hydrogen) atoms. The van der Waals surface area contributed by atoms with Gasteiger partial charge in [-0.2, -0.15) is 4.98 Å². The second-order valence-corrected chi connectivity index (χ2v) is 6.29. The Morgan fingerprint density at radius 3 is 2.96 bits per heavy atom. The lowest BCUT2D eigenvalue weighted by molar-refractivity contribution is -0.116. The summed E-state index contributed by atoms with van der Waals surface area (Å²) < 4.78 is 19.8. The number of hydrogen-bond acceptors (Lipinski definition) is 6. The Bertz CT molecular complexity index is 958. The number of aromatic nitrogens is 3. The highest BCUT2D eigenvalue weighted by atomic mass is 19.1. The van der Waals surface area contributed by atoms with Gasteiger partial charge in [0.05, 0.1) is 5.69 Å².